The van der Waals surface area contributed by atoms with Gasteiger partial charge in [-0.25, -0.2) is 4.98 Å². The van der Waals surface area contributed by atoms with Gasteiger partial charge in [0.2, 0.25) is 5.91 Å². The molecule has 0 saturated carbocycles. The van der Waals surface area contributed by atoms with Crippen LogP contribution in [-0.2, 0) is 18.3 Å². The first-order chi connectivity index (χ1) is 14.1. The van der Waals surface area contributed by atoms with Gasteiger partial charge in [-0.1, -0.05) is 0 Å². The molecule has 0 bridgehead atoms. The Labute approximate surface area is 169 Å². The summed E-state index contributed by atoms with van der Waals surface area (Å²) in [6, 6.07) is 6.22. The number of carbonyl (C=O) groups is 1. The number of rotatable bonds is 7. The van der Waals surface area contributed by atoms with Crippen LogP contribution in [0, 0.1) is 5.92 Å². The number of benzene rings is 1. The topological polar surface area (TPSA) is 98.3 Å². The lowest BCUT2D eigenvalue weighted by Gasteiger charge is -2.31. The smallest absolute Gasteiger partial charge is 0.298 e. The molecule has 9 nitrogen and oxygen atoms in total. The molecule has 3 heterocycles. The van der Waals surface area contributed by atoms with Crippen LogP contribution in [0.4, 0.5) is 6.01 Å². The van der Waals surface area contributed by atoms with E-state index in [-0.39, 0.29) is 11.8 Å². The third-order valence-corrected chi connectivity index (χ3v) is 5.32. The molecule has 0 aliphatic carbocycles. The molecule has 29 heavy (non-hydrogen) atoms. The molecule has 1 aromatic carbocycles. The predicted octanol–water partition coefficient (Wildman–Crippen LogP) is 1.93. The van der Waals surface area contributed by atoms with Crippen molar-refractivity contribution in [2.24, 2.45) is 13.0 Å². The van der Waals surface area contributed by atoms with Crippen molar-refractivity contribution in [1.82, 2.24) is 25.1 Å². The fraction of sp³-hybridized carbons (Fsp3) is 0.500. The SMILES string of the molecule is COc1ccc2oc(N3CCCC(CC(=O)NCCc4ncnn4C)C3)nc2c1. The highest BCUT2D eigenvalue weighted by Gasteiger charge is 2.25. The molecular weight excluding hydrogens is 372 g/mol. The molecule has 1 fully saturated rings. The second-order valence-corrected chi connectivity index (χ2v) is 7.39. The van der Waals surface area contributed by atoms with Crippen molar-refractivity contribution in [3.8, 4) is 5.75 Å². The number of oxazole rings is 1. The average Bonchev–Trinajstić information content (AvgIpc) is 3.33. The molecule has 1 N–H and O–H groups in total. The van der Waals surface area contributed by atoms with Gasteiger partial charge in [-0.15, -0.1) is 0 Å². The Morgan fingerprint density at radius 3 is 3.10 bits per heavy atom. The van der Waals surface area contributed by atoms with Gasteiger partial charge in [0.05, 0.1) is 7.11 Å². The number of ether oxygens (including phenoxy) is 1. The summed E-state index contributed by atoms with van der Waals surface area (Å²) in [5.74, 6) is 1.97. The van der Waals surface area contributed by atoms with Gasteiger partial charge in [0.1, 0.15) is 23.4 Å². The molecular formula is C20H26N6O3. The quantitative estimate of drug-likeness (QED) is 0.649. The number of carbonyl (C=O) groups excluding carboxylic acids is 1. The third-order valence-electron chi connectivity index (χ3n) is 5.32. The van der Waals surface area contributed by atoms with Gasteiger partial charge >= 0.3 is 0 Å². The van der Waals surface area contributed by atoms with E-state index in [9.17, 15) is 4.79 Å². The first-order valence-corrected chi connectivity index (χ1v) is 9.91. The second-order valence-electron chi connectivity index (χ2n) is 7.39. The van der Waals surface area contributed by atoms with Crippen molar-refractivity contribution in [3.63, 3.8) is 0 Å². The first kappa shape index (κ1) is 19.2. The van der Waals surface area contributed by atoms with E-state index < -0.39 is 0 Å². The van der Waals surface area contributed by atoms with Crippen LogP contribution in [0.2, 0.25) is 0 Å². The lowest BCUT2D eigenvalue weighted by atomic mass is 9.94. The van der Waals surface area contributed by atoms with Crippen molar-refractivity contribution < 1.29 is 13.9 Å². The number of aromatic nitrogens is 4. The molecule has 0 radical (unpaired) electrons. The van der Waals surface area contributed by atoms with Crippen LogP contribution >= 0.6 is 0 Å². The van der Waals surface area contributed by atoms with Gasteiger partial charge in [0.15, 0.2) is 5.58 Å². The minimum atomic E-state index is 0.0707. The fourth-order valence-electron chi connectivity index (χ4n) is 3.76. The Morgan fingerprint density at radius 1 is 1.41 bits per heavy atom. The summed E-state index contributed by atoms with van der Waals surface area (Å²) in [5.41, 5.74) is 1.52. The molecule has 1 atom stereocenters. The number of hydrogen-bond acceptors (Lipinski definition) is 7. The van der Waals surface area contributed by atoms with Gasteiger partial charge in [-0.3, -0.25) is 9.48 Å². The maximum atomic E-state index is 12.4. The van der Waals surface area contributed by atoms with E-state index in [1.807, 2.05) is 25.2 Å². The highest BCUT2D eigenvalue weighted by atomic mass is 16.5. The highest BCUT2D eigenvalue weighted by molar-refractivity contribution is 5.77. The zero-order chi connectivity index (χ0) is 20.2. The van der Waals surface area contributed by atoms with Crippen LogP contribution in [0.15, 0.2) is 28.9 Å². The number of fused-ring (bicyclic) bond motifs is 1. The Kier molecular flexibility index (Phi) is 5.64. The summed E-state index contributed by atoms with van der Waals surface area (Å²) in [4.78, 5) is 23.3. The van der Waals surface area contributed by atoms with Crippen molar-refractivity contribution >= 4 is 23.0 Å². The summed E-state index contributed by atoms with van der Waals surface area (Å²) >= 11 is 0. The predicted molar refractivity (Wildman–Crippen MR) is 108 cm³/mol. The molecule has 1 aliphatic heterocycles. The minimum absolute atomic E-state index is 0.0707. The van der Waals surface area contributed by atoms with Crippen molar-refractivity contribution in [1.29, 1.82) is 0 Å². The lowest BCUT2D eigenvalue weighted by Crippen LogP contribution is -2.38. The third kappa shape index (κ3) is 4.49. The number of piperidine rings is 1. The van der Waals surface area contributed by atoms with E-state index in [4.69, 9.17) is 9.15 Å². The summed E-state index contributed by atoms with van der Waals surface area (Å²) in [6.45, 7) is 2.21. The molecule has 0 spiro atoms. The van der Waals surface area contributed by atoms with Crippen LogP contribution in [0.1, 0.15) is 25.1 Å². The first-order valence-electron chi connectivity index (χ1n) is 9.91. The number of aryl methyl sites for hydroxylation is 1. The fourth-order valence-corrected chi connectivity index (χ4v) is 3.76. The van der Waals surface area contributed by atoms with Crippen molar-refractivity contribution in [2.75, 3.05) is 31.6 Å². The molecule has 154 valence electrons. The molecule has 4 rings (SSSR count). The standard InChI is InChI=1S/C20H26N6O3/c1-25-18(22-13-23-25)7-8-21-19(27)10-14-4-3-9-26(12-14)20-24-16-11-15(28-2)5-6-17(16)29-20/h5-6,11,13-14H,3-4,7-10,12H2,1-2H3,(H,21,27). The number of hydrogen-bond donors (Lipinski definition) is 1. The minimum Gasteiger partial charge on any atom is -0.497 e. The summed E-state index contributed by atoms with van der Waals surface area (Å²) in [6.07, 6.45) is 4.74. The van der Waals surface area contributed by atoms with E-state index >= 15 is 0 Å². The van der Waals surface area contributed by atoms with E-state index in [0.29, 0.717) is 25.4 Å². The Morgan fingerprint density at radius 2 is 2.31 bits per heavy atom. The van der Waals surface area contributed by atoms with Crippen LogP contribution in [0.3, 0.4) is 0 Å². The monoisotopic (exact) mass is 398 g/mol. The van der Waals surface area contributed by atoms with E-state index in [1.165, 1.54) is 6.33 Å². The van der Waals surface area contributed by atoms with Gasteiger partial charge in [0.25, 0.3) is 6.01 Å². The van der Waals surface area contributed by atoms with Crippen LogP contribution in [0.25, 0.3) is 11.1 Å². The molecule has 2 aromatic heterocycles. The number of nitrogens with one attached hydrogen (secondary N) is 1. The van der Waals surface area contributed by atoms with Crippen molar-refractivity contribution in [2.45, 2.75) is 25.7 Å². The maximum absolute atomic E-state index is 12.4. The zero-order valence-electron chi connectivity index (χ0n) is 16.8. The van der Waals surface area contributed by atoms with Gasteiger partial charge in [-0.05, 0) is 30.9 Å². The van der Waals surface area contributed by atoms with Gasteiger partial charge in [-0.2, -0.15) is 10.1 Å². The number of amides is 1. The largest absolute Gasteiger partial charge is 0.497 e. The van der Waals surface area contributed by atoms with Gasteiger partial charge < -0.3 is 19.4 Å². The highest BCUT2D eigenvalue weighted by Crippen LogP contribution is 2.29. The van der Waals surface area contributed by atoms with E-state index in [1.54, 1.807) is 11.8 Å². The number of anilines is 1. The average molecular weight is 398 g/mol. The van der Waals surface area contributed by atoms with Crippen molar-refractivity contribution in [3.05, 3.63) is 30.4 Å². The zero-order valence-corrected chi connectivity index (χ0v) is 16.8. The Balaban J connectivity index is 1.31. The van der Waals surface area contributed by atoms with Crippen LogP contribution < -0.4 is 15.0 Å². The summed E-state index contributed by atoms with van der Waals surface area (Å²) < 4.78 is 12.9. The maximum Gasteiger partial charge on any atom is 0.298 e. The molecule has 3 aromatic rings. The molecule has 1 saturated heterocycles. The molecule has 1 amide bonds. The van der Waals surface area contributed by atoms with Crippen LogP contribution in [0.5, 0.6) is 5.75 Å². The molecule has 9 heteroatoms. The molecule has 1 unspecified atom stereocenters. The van der Waals surface area contributed by atoms with E-state index in [0.717, 1.165) is 48.6 Å². The number of methoxy groups -OCH3 is 1. The van der Waals surface area contributed by atoms with Crippen LogP contribution in [-0.4, -0.2) is 52.4 Å². The summed E-state index contributed by atoms with van der Waals surface area (Å²) in [5, 5.41) is 7.03. The molecule has 1 aliphatic rings. The summed E-state index contributed by atoms with van der Waals surface area (Å²) in [7, 11) is 3.48. The van der Waals surface area contributed by atoms with Gasteiger partial charge in [0, 0.05) is 45.6 Å². The number of nitrogens with zero attached hydrogens (tertiary/aromatic N) is 5. The lowest BCUT2D eigenvalue weighted by molar-refractivity contribution is -0.122. The second kappa shape index (κ2) is 8.50. The Bertz CT molecular complexity index is 982. The Hall–Kier alpha value is -3.10. The normalized spacial score (nSPS) is 16.9. The van der Waals surface area contributed by atoms with E-state index in [2.05, 4.69) is 25.3 Å².